The Balaban J connectivity index is 1.91. The second-order valence-corrected chi connectivity index (χ2v) is 5.94. The first-order valence-electron chi connectivity index (χ1n) is 6.95. The molecular weight excluding hydrogens is 292 g/mol. The number of hydrogen-bond acceptors (Lipinski definition) is 3. The average molecular weight is 307 g/mol. The summed E-state index contributed by atoms with van der Waals surface area (Å²) in [6.07, 6.45) is 2.66. The molecule has 1 spiro atoms. The lowest BCUT2D eigenvalue weighted by molar-refractivity contribution is -0.151. The van der Waals surface area contributed by atoms with Gasteiger partial charge in [-0.1, -0.05) is 42.6 Å². The van der Waals surface area contributed by atoms with Gasteiger partial charge in [-0.2, -0.15) is 0 Å². The van der Waals surface area contributed by atoms with Crippen LogP contribution >= 0.6 is 11.6 Å². The van der Waals surface area contributed by atoms with E-state index < -0.39 is 23.3 Å². The number of amides is 4. The van der Waals surface area contributed by atoms with Gasteiger partial charge in [0.1, 0.15) is 5.41 Å². The molecule has 0 unspecified atom stereocenters. The van der Waals surface area contributed by atoms with Gasteiger partial charge in [0.25, 0.3) is 0 Å². The van der Waals surface area contributed by atoms with Crippen molar-refractivity contribution in [1.82, 2.24) is 10.2 Å². The van der Waals surface area contributed by atoms with Crippen molar-refractivity contribution in [2.75, 3.05) is 0 Å². The van der Waals surface area contributed by atoms with Crippen LogP contribution in [-0.2, 0) is 16.1 Å². The summed E-state index contributed by atoms with van der Waals surface area (Å²) in [6, 6.07) is 6.39. The number of benzene rings is 1. The summed E-state index contributed by atoms with van der Waals surface area (Å²) >= 11 is 6.08. The predicted molar refractivity (Wildman–Crippen MR) is 76.4 cm³/mol. The molecular formula is C15H15ClN2O3. The lowest BCUT2D eigenvalue weighted by Crippen LogP contribution is -2.62. The number of carbonyl (C=O) groups is 3. The Morgan fingerprint density at radius 1 is 1.14 bits per heavy atom. The van der Waals surface area contributed by atoms with Crippen molar-refractivity contribution < 1.29 is 14.4 Å². The van der Waals surface area contributed by atoms with Crippen LogP contribution in [0, 0.1) is 5.41 Å². The van der Waals surface area contributed by atoms with Gasteiger partial charge in [-0.3, -0.25) is 19.8 Å². The van der Waals surface area contributed by atoms with Crippen LogP contribution in [0.3, 0.4) is 0 Å². The molecule has 4 amide bonds. The van der Waals surface area contributed by atoms with E-state index in [0.29, 0.717) is 23.4 Å². The average Bonchev–Trinajstić information content (AvgIpc) is 2.95. The first kappa shape index (κ1) is 14.1. The predicted octanol–water partition coefficient (Wildman–Crippen LogP) is 2.48. The van der Waals surface area contributed by atoms with Crippen LogP contribution in [0.5, 0.6) is 0 Å². The molecule has 2 fully saturated rings. The molecule has 0 bridgehead atoms. The van der Waals surface area contributed by atoms with Gasteiger partial charge in [0.05, 0.1) is 6.54 Å². The van der Waals surface area contributed by atoms with Crippen molar-refractivity contribution in [3.63, 3.8) is 0 Å². The van der Waals surface area contributed by atoms with Crippen LogP contribution in [-0.4, -0.2) is 22.7 Å². The fraction of sp³-hybridized carbons (Fsp3) is 0.400. The molecule has 6 heteroatoms. The Morgan fingerprint density at radius 3 is 2.48 bits per heavy atom. The van der Waals surface area contributed by atoms with Gasteiger partial charge in [0.2, 0.25) is 11.8 Å². The fourth-order valence-corrected chi connectivity index (χ4v) is 3.29. The monoisotopic (exact) mass is 306 g/mol. The molecule has 21 heavy (non-hydrogen) atoms. The second-order valence-electron chi connectivity index (χ2n) is 5.53. The SMILES string of the molecule is O=C1NC(=O)C2(CCCC2)C(=O)N1Cc1ccccc1Cl. The van der Waals surface area contributed by atoms with E-state index in [0.717, 1.165) is 17.7 Å². The number of nitrogens with zero attached hydrogens (tertiary/aromatic N) is 1. The molecule has 0 aromatic heterocycles. The molecule has 110 valence electrons. The van der Waals surface area contributed by atoms with E-state index in [1.165, 1.54) is 0 Å². The van der Waals surface area contributed by atoms with Crippen molar-refractivity contribution in [2.24, 2.45) is 5.41 Å². The summed E-state index contributed by atoms with van der Waals surface area (Å²) in [5, 5.41) is 2.81. The minimum atomic E-state index is -1.06. The van der Waals surface area contributed by atoms with E-state index in [-0.39, 0.29) is 6.54 Å². The van der Waals surface area contributed by atoms with Crippen molar-refractivity contribution in [3.05, 3.63) is 34.9 Å². The number of barbiturate groups is 1. The maximum Gasteiger partial charge on any atom is 0.331 e. The largest absolute Gasteiger partial charge is 0.331 e. The summed E-state index contributed by atoms with van der Waals surface area (Å²) in [7, 11) is 0. The van der Waals surface area contributed by atoms with E-state index >= 15 is 0 Å². The Kier molecular flexibility index (Phi) is 3.45. The van der Waals surface area contributed by atoms with Crippen LogP contribution in [0.25, 0.3) is 0 Å². The van der Waals surface area contributed by atoms with Crippen molar-refractivity contribution in [3.8, 4) is 0 Å². The molecule has 1 aromatic carbocycles. The molecule has 1 heterocycles. The Bertz CT molecular complexity index is 623. The summed E-state index contributed by atoms with van der Waals surface area (Å²) in [5.74, 6) is -0.848. The Labute approximate surface area is 127 Å². The zero-order valence-electron chi connectivity index (χ0n) is 11.4. The summed E-state index contributed by atoms with van der Waals surface area (Å²) < 4.78 is 0. The zero-order chi connectivity index (χ0) is 15.0. The minimum Gasteiger partial charge on any atom is -0.277 e. The first-order chi connectivity index (χ1) is 10.0. The third kappa shape index (κ3) is 2.21. The van der Waals surface area contributed by atoms with E-state index in [1.807, 2.05) is 0 Å². The minimum absolute atomic E-state index is 0.0827. The normalized spacial score (nSPS) is 21.0. The van der Waals surface area contributed by atoms with Crippen LogP contribution < -0.4 is 5.32 Å². The number of urea groups is 1. The standard InChI is InChI=1S/C15H15ClN2O3/c16-11-6-2-1-5-10(11)9-18-13(20)15(7-3-4-8-15)12(19)17-14(18)21/h1-2,5-6H,3-4,7-9H2,(H,17,19,21). The van der Waals surface area contributed by atoms with E-state index in [4.69, 9.17) is 11.6 Å². The Hall–Kier alpha value is -1.88. The number of imide groups is 2. The number of carbonyl (C=O) groups excluding carboxylic acids is 3. The van der Waals surface area contributed by atoms with E-state index in [1.54, 1.807) is 24.3 Å². The van der Waals surface area contributed by atoms with Gasteiger partial charge < -0.3 is 0 Å². The first-order valence-corrected chi connectivity index (χ1v) is 7.33. The lowest BCUT2D eigenvalue weighted by atomic mass is 9.82. The number of halogens is 1. The second kappa shape index (κ2) is 5.15. The molecule has 1 aromatic rings. The van der Waals surface area contributed by atoms with Gasteiger partial charge in [0.15, 0.2) is 0 Å². The maximum absolute atomic E-state index is 12.7. The third-order valence-electron chi connectivity index (χ3n) is 4.30. The summed E-state index contributed by atoms with van der Waals surface area (Å²) in [4.78, 5) is 37.9. The Morgan fingerprint density at radius 2 is 1.81 bits per heavy atom. The van der Waals surface area contributed by atoms with Gasteiger partial charge in [-0.05, 0) is 24.5 Å². The van der Waals surface area contributed by atoms with Gasteiger partial charge in [-0.15, -0.1) is 0 Å². The van der Waals surface area contributed by atoms with Crippen LogP contribution in [0.4, 0.5) is 4.79 Å². The molecule has 1 aliphatic carbocycles. The molecule has 1 N–H and O–H groups in total. The van der Waals surface area contributed by atoms with E-state index in [2.05, 4.69) is 5.32 Å². The van der Waals surface area contributed by atoms with Crippen molar-refractivity contribution in [2.45, 2.75) is 32.2 Å². The molecule has 2 aliphatic rings. The highest BCUT2D eigenvalue weighted by Crippen LogP contribution is 2.42. The van der Waals surface area contributed by atoms with Crippen LogP contribution in [0.2, 0.25) is 5.02 Å². The quantitative estimate of drug-likeness (QED) is 0.854. The number of rotatable bonds is 2. The van der Waals surface area contributed by atoms with Gasteiger partial charge in [-0.25, -0.2) is 4.79 Å². The maximum atomic E-state index is 12.7. The highest BCUT2D eigenvalue weighted by Gasteiger charge is 2.54. The molecule has 1 saturated heterocycles. The van der Waals surface area contributed by atoms with Crippen molar-refractivity contribution >= 4 is 29.4 Å². The molecule has 0 atom stereocenters. The molecule has 5 nitrogen and oxygen atoms in total. The summed E-state index contributed by atoms with van der Waals surface area (Å²) in [5.41, 5.74) is -0.375. The smallest absolute Gasteiger partial charge is 0.277 e. The highest BCUT2D eigenvalue weighted by molar-refractivity contribution is 6.31. The zero-order valence-corrected chi connectivity index (χ0v) is 12.2. The number of hydrogen-bond donors (Lipinski definition) is 1. The molecule has 0 radical (unpaired) electrons. The van der Waals surface area contributed by atoms with Crippen molar-refractivity contribution in [1.29, 1.82) is 0 Å². The fourth-order valence-electron chi connectivity index (χ4n) is 3.09. The molecule has 1 aliphatic heterocycles. The molecule has 3 rings (SSSR count). The van der Waals surface area contributed by atoms with Crippen LogP contribution in [0.15, 0.2) is 24.3 Å². The van der Waals surface area contributed by atoms with E-state index in [9.17, 15) is 14.4 Å². The van der Waals surface area contributed by atoms with Gasteiger partial charge >= 0.3 is 6.03 Å². The topological polar surface area (TPSA) is 66.5 Å². The molecule has 1 saturated carbocycles. The van der Waals surface area contributed by atoms with Gasteiger partial charge in [0, 0.05) is 5.02 Å². The third-order valence-corrected chi connectivity index (χ3v) is 4.67. The van der Waals surface area contributed by atoms with Crippen LogP contribution in [0.1, 0.15) is 31.2 Å². The lowest BCUT2D eigenvalue weighted by Gasteiger charge is -2.36. The summed E-state index contributed by atoms with van der Waals surface area (Å²) in [6.45, 7) is 0.0827. The number of nitrogens with one attached hydrogen (secondary N) is 1. The highest BCUT2D eigenvalue weighted by atomic mass is 35.5.